The Kier molecular flexibility index (Phi) is 3.76. The van der Waals surface area contributed by atoms with Gasteiger partial charge >= 0.3 is 0 Å². The smallest absolute Gasteiger partial charge is 0.191 e. The van der Waals surface area contributed by atoms with Crippen LogP contribution < -0.4 is 4.74 Å². The summed E-state index contributed by atoms with van der Waals surface area (Å²) in [5, 5.41) is 0.638. The average molecular weight is 310 g/mol. The highest BCUT2D eigenvalue weighted by atomic mass is 79.9. The van der Waals surface area contributed by atoms with Gasteiger partial charge in [0.25, 0.3) is 0 Å². The summed E-state index contributed by atoms with van der Waals surface area (Å²) in [5.41, 5.74) is 4.25. The second kappa shape index (κ2) is 5.14. The molecule has 2 rings (SSSR count). The Balaban J connectivity index is 2.65. The molecule has 0 atom stereocenters. The van der Waals surface area contributed by atoms with E-state index in [0.29, 0.717) is 11.2 Å². The average Bonchev–Trinajstić information content (AvgIpc) is 2.73. The van der Waals surface area contributed by atoms with Gasteiger partial charge in [-0.2, -0.15) is 0 Å². The van der Waals surface area contributed by atoms with Gasteiger partial charge in [-0.1, -0.05) is 15.9 Å². The van der Waals surface area contributed by atoms with Crippen LogP contribution in [0.3, 0.4) is 0 Å². The van der Waals surface area contributed by atoms with E-state index in [-0.39, 0.29) is 0 Å². The Morgan fingerprint density at radius 3 is 2.50 bits per heavy atom. The third-order valence-corrected chi connectivity index (χ3v) is 3.51. The van der Waals surface area contributed by atoms with E-state index in [4.69, 9.17) is 9.15 Å². The fourth-order valence-electron chi connectivity index (χ4n) is 1.91. The molecule has 0 saturated heterocycles. The Morgan fingerprint density at radius 1 is 1.22 bits per heavy atom. The number of alkyl halides is 1. The lowest BCUT2D eigenvalue weighted by Gasteiger charge is -2.10. The first-order valence-corrected chi connectivity index (χ1v) is 6.86. The Labute approximate surface area is 115 Å². The summed E-state index contributed by atoms with van der Waals surface area (Å²) in [4.78, 5) is 4.45. The summed E-state index contributed by atoms with van der Waals surface area (Å²) in [6, 6.07) is 4.13. The van der Waals surface area contributed by atoms with Crippen molar-refractivity contribution >= 4 is 15.9 Å². The van der Waals surface area contributed by atoms with E-state index < -0.39 is 0 Å². The van der Waals surface area contributed by atoms with Crippen LogP contribution in [0, 0.1) is 20.8 Å². The van der Waals surface area contributed by atoms with Gasteiger partial charge in [-0.05, 0) is 37.1 Å². The number of halogens is 1. The van der Waals surface area contributed by atoms with Gasteiger partial charge in [-0.25, -0.2) is 4.98 Å². The topological polar surface area (TPSA) is 35.3 Å². The number of rotatable bonds is 3. The fraction of sp³-hybridized carbons (Fsp3) is 0.357. The molecule has 2 aromatic rings. The van der Waals surface area contributed by atoms with Crippen molar-refractivity contribution in [1.29, 1.82) is 0 Å². The monoisotopic (exact) mass is 309 g/mol. The largest absolute Gasteiger partial charge is 0.496 e. The van der Waals surface area contributed by atoms with Crippen LogP contribution in [-0.2, 0) is 5.33 Å². The predicted octanol–water partition coefficient (Wildman–Crippen LogP) is 4.17. The standard InChI is InChI=1S/C14H16BrNO2/c1-8-5-11(12(17-4)6-9(8)2)14-13(7-15)18-10(3)16-14/h5-6H,7H2,1-4H3. The van der Waals surface area contributed by atoms with E-state index >= 15 is 0 Å². The molecule has 0 radical (unpaired) electrons. The van der Waals surface area contributed by atoms with Crippen LogP contribution in [0.5, 0.6) is 5.75 Å². The number of ether oxygens (including phenoxy) is 1. The zero-order chi connectivity index (χ0) is 13.3. The van der Waals surface area contributed by atoms with Crippen molar-refractivity contribution < 1.29 is 9.15 Å². The van der Waals surface area contributed by atoms with Crippen molar-refractivity contribution in [3.63, 3.8) is 0 Å². The van der Waals surface area contributed by atoms with Crippen LogP contribution in [0.4, 0.5) is 0 Å². The molecule has 0 aliphatic rings. The highest BCUT2D eigenvalue weighted by Crippen LogP contribution is 2.35. The van der Waals surface area contributed by atoms with Gasteiger partial charge in [-0.15, -0.1) is 0 Å². The van der Waals surface area contributed by atoms with Gasteiger partial charge in [0.1, 0.15) is 17.2 Å². The quantitative estimate of drug-likeness (QED) is 0.798. The molecular weight excluding hydrogens is 294 g/mol. The van der Waals surface area contributed by atoms with Crippen LogP contribution in [0.2, 0.25) is 0 Å². The van der Waals surface area contributed by atoms with Crippen LogP contribution in [-0.4, -0.2) is 12.1 Å². The number of aromatic nitrogens is 1. The van der Waals surface area contributed by atoms with E-state index in [1.807, 2.05) is 13.0 Å². The first-order chi connectivity index (χ1) is 8.56. The lowest BCUT2D eigenvalue weighted by Crippen LogP contribution is -1.93. The van der Waals surface area contributed by atoms with Gasteiger partial charge < -0.3 is 9.15 Å². The molecule has 0 spiro atoms. The molecule has 4 heteroatoms. The summed E-state index contributed by atoms with van der Waals surface area (Å²) >= 11 is 3.42. The van der Waals surface area contributed by atoms with Crippen molar-refractivity contribution in [3.05, 3.63) is 34.9 Å². The molecule has 0 fully saturated rings. The summed E-state index contributed by atoms with van der Waals surface area (Å²) in [7, 11) is 1.67. The Bertz CT molecular complexity index is 575. The number of nitrogens with zero attached hydrogens (tertiary/aromatic N) is 1. The molecule has 0 amide bonds. The molecule has 3 nitrogen and oxygen atoms in total. The van der Waals surface area contributed by atoms with E-state index in [1.165, 1.54) is 11.1 Å². The minimum atomic E-state index is 0.638. The van der Waals surface area contributed by atoms with Gasteiger partial charge in [-0.3, -0.25) is 0 Å². The van der Waals surface area contributed by atoms with Gasteiger partial charge in [0.05, 0.1) is 12.4 Å². The lowest BCUT2D eigenvalue weighted by atomic mass is 10.0. The zero-order valence-electron chi connectivity index (χ0n) is 11.0. The minimum absolute atomic E-state index is 0.638. The van der Waals surface area contributed by atoms with Crippen molar-refractivity contribution in [2.45, 2.75) is 26.1 Å². The predicted molar refractivity (Wildman–Crippen MR) is 75.3 cm³/mol. The summed E-state index contributed by atoms with van der Waals surface area (Å²) in [5.74, 6) is 2.32. The number of aryl methyl sites for hydroxylation is 3. The normalized spacial score (nSPS) is 10.7. The molecule has 18 heavy (non-hydrogen) atoms. The first kappa shape index (κ1) is 13.1. The summed E-state index contributed by atoms with van der Waals surface area (Å²) in [6.45, 7) is 6.00. The third-order valence-electron chi connectivity index (χ3n) is 3.00. The second-order valence-electron chi connectivity index (χ2n) is 4.28. The van der Waals surface area contributed by atoms with Gasteiger partial charge in [0, 0.05) is 12.5 Å². The molecule has 0 bridgehead atoms. The molecule has 0 N–H and O–H groups in total. The SMILES string of the molecule is COc1cc(C)c(C)cc1-c1nc(C)oc1CBr. The van der Waals surface area contributed by atoms with E-state index in [1.54, 1.807) is 7.11 Å². The fourth-order valence-corrected chi connectivity index (χ4v) is 2.29. The Morgan fingerprint density at radius 2 is 1.89 bits per heavy atom. The zero-order valence-corrected chi connectivity index (χ0v) is 12.6. The van der Waals surface area contributed by atoms with Crippen LogP contribution in [0.25, 0.3) is 11.3 Å². The number of hydrogen-bond acceptors (Lipinski definition) is 3. The molecule has 0 unspecified atom stereocenters. The van der Waals surface area contributed by atoms with E-state index in [2.05, 4.69) is 40.8 Å². The maximum Gasteiger partial charge on any atom is 0.191 e. The number of hydrogen-bond donors (Lipinski definition) is 0. The highest BCUT2D eigenvalue weighted by molar-refractivity contribution is 9.08. The molecule has 1 heterocycles. The maximum absolute atomic E-state index is 5.57. The molecule has 96 valence electrons. The lowest BCUT2D eigenvalue weighted by molar-refractivity contribution is 0.415. The minimum Gasteiger partial charge on any atom is -0.496 e. The van der Waals surface area contributed by atoms with Crippen molar-refractivity contribution in [1.82, 2.24) is 4.98 Å². The van der Waals surface area contributed by atoms with E-state index in [9.17, 15) is 0 Å². The molecule has 0 saturated carbocycles. The third kappa shape index (κ3) is 2.29. The van der Waals surface area contributed by atoms with Crippen molar-refractivity contribution in [2.24, 2.45) is 0 Å². The van der Waals surface area contributed by atoms with Crippen molar-refractivity contribution in [2.75, 3.05) is 7.11 Å². The van der Waals surface area contributed by atoms with Gasteiger partial charge in [0.15, 0.2) is 5.89 Å². The number of benzene rings is 1. The Hall–Kier alpha value is -1.29. The summed E-state index contributed by atoms with van der Waals surface area (Å²) in [6.07, 6.45) is 0. The second-order valence-corrected chi connectivity index (χ2v) is 4.84. The maximum atomic E-state index is 5.57. The van der Waals surface area contributed by atoms with Crippen LogP contribution in [0.1, 0.15) is 22.8 Å². The number of methoxy groups -OCH3 is 1. The van der Waals surface area contributed by atoms with Crippen LogP contribution in [0.15, 0.2) is 16.5 Å². The molecule has 0 aliphatic heterocycles. The highest BCUT2D eigenvalue weighted by Gasteiger charge is 2.17. The molecule has 0 aliphatic carbocycles. The molecular formula is C14H16BrNO2. The van der Waals surface area contributed by atoms with Crippen LogP contribution >= 0.6 is 15.9 Å². The summed E-state index contributed by atoms with van der Waals surface area (Å²) < 4.78 is 11.0. The molecule has 1 aromatic carbocycles. The van der Waals surface area contributed by atoms with Gasteiger partial charge in [0.2, 0.25) is 0 Å². The molecule has 1 aromatic heterocycles. The first-order valence-electron chi connectivity index (χ1n) is 5.74. The van der Waals surface area contributed by atoms with E-state index in [0.717, 1.165) is 22.8 Å². The number of oxazole rings is 1. The van der Waals surface area contributed by atoms with Crippen molar-refractivity contribution in [3.8, 4) is 17.0 Å².